The van der Waals surface area contributed by atoms with Crippen LogP contribution in [0.4, 0.5) is 6.01 Å². The number of halogens is 2. The first-order valence-corrected chi connectivity index (χ1v) is 6.43. The van der Waals surface area contributed by atoms with Crippen molar-refractivity contribution in [3.05, 3.63) is 40.2 Å². The van der Waals surface area contributed by atoms with E-state index in [1.165, 1.54) is 0 Å². The van der Waals surface area contributed by atoms with E-state index >= 15 is 0 Å². The fourth-order valence-electron chi connectivity index (χ4n) is 1.31. The van der Waals surface area contributed by atoms with Crippen LogP contribution in [-0.2, 0) is 11.2 Å². The molecule has 1 aromatic heterocycles. The van der Waals surface area contributed by atoms with Crippen molar-refractivity contribution in [2.45, 2.75) is 6.42 Å². The molecule has 7 heteroatoms. The summed E-state index contributed by atoms with van der Waals surface area (Å²) in [5.41, 5.74) is 1.04. The van der Waals surface area contributed by atoms with Crippen molar-refractivity contribution in [1.29, 1.82) is 0 Å². The lowest BCUT2D eigenvalue weighted by Crippen LogP contribution is -2.12. The number of carbonyl (C=O) groups excluding carboxylic acids is 1. The molecule has 0 saturated heterocycles. The van der Waals surface area contributed by atoms with Gasteiger partial charge in [0, 0.05) is 4.47 Å². The van der Waals surface area contributed by atoms with E-state index in [1.54, 1.807) is 0 Å². The van der Waals surface area contributed by atoms with Gasteiger partial charge in [0.15, 0.2) is 0 Å². The molecule has 5 nitrogen and oxygen atoms in total. The average molecular weight is 331 g/mol. The predicted molar refractivity (Wildman–Crippen MR) is 70.6 cm³/mol. The molecule has 0 radical (unpaired) electrons. The number of carbonyl (C=O) groups is 1. The van der Waals surface area contributed by atoms with E-state index in [-0.39, 0.29) is 17.8 Å². The maximum absolute atomic E-state index is 11.0. The van der Waals surface area contributed by atoms with E-state index in [9.17, 15) is 4.79 Å². The summed E-state index contributed by atoms with van der Waals surface area (Å²) in [6, 6.07) is 7.83. The Labute approximate surface area is 117 Å². The lowest BCUT2D eigenvalue weighted by Gasteiger charge is -1.97. The van der Waals surface area contributed by atoms with Gasteiger partial charge in [0.1, 0.15) is 5.88 Å². The molecule has 0 aliphatic heterocycles. The van der Waals surface area contributed by atoms with Crippen LogP contribution in [0.25, 0.3) is 0 Å². The van der Waals surface area contributed by atoms with E-state index in [0.717, 1.165) is 10.0 Å². The van der Waals surface area contributed by atoms with Gasteiger partial charge in [0.05, 0.1) is 6.42 Å². The number of hydrogen-bond donors (Lipinski definition) is 1. The summed E-state index contributed by atoms with van der Waals surface area (Å²) in [5.74, 6) is -0.0950. The zero-order valence-corrected chi connectivity index (χ0v) is 11.5. The fraction of sp³-hybridized carbons (Fsp3) is 0.182. The van der Waals surface area contributed by atoms with E-state index in [4.69, 9.17) is 16.0 Å². The largest absolute Gasteiger partial charge is 0.407 e. The summed E-state index contributed by atoms with van der Waals surface area (Å²) in [4.78, 5) is 11.0. The number of rotatable bonds is 4. The third kappa shape index (κ3) is 3.54. The van der Waals surface area contributed by atoms with Crippen molar-refractivity contribution in [3.8, 4) is 0 Å². The molecule has 18 heavy (non-hydrogen) atoms. The molecule has 0 aliphatic rings. The Kier molecular flexibility index (Phi) is 4.33. The molecule has 1 heterocycles. The zero-order valence-electron chi connectivity index (χ0n) is 9.19. The number of nitrogens with one attached hydrogen (secondary N) is 1. The summed E-state index contributed by atoms with van der Waals surface area (Å²) >= 11 is 8.71. The van der Waals surface area contributed by atoms with Gasteiger partial charge in [-0.15, -0.1) is 16.7 Å². The van der Waals surface area contributed by atoms with Gasteiger partial charge >= 0.3 is 6.01 Å². The highest BCUT2D eigenvalue weighted by Gasteiger charge is 2.09. The summed E-state index contributed by atoms with van der Waals surface area (Å²) in [6.07, 6.45) is 0.511. The van der Waals surface area contributed by atoms with Crippen molar-refractivity contribution < 1.29 is 9.21 Å². The summed E-state index contributed by atoms with van der Waals surface area (Å²) in [7, 11) is 0. The van der Waals surface area contributed by atoms with Crippen molar-refractivity contribution in [2.75, 3.05) is 11.2 Å². The normalized spacial score (nSPS) is 10.3. The Hall–Kier alpha value is -1.40. The molecule has 0 fully saturated rings. The molecule has 1 N–H and O–H groups in total. The van der Waals surface area contributed by atoms with Crippen LogP contribution in [0.2, 0.25) is 0 Å². The van der Waals surface area contributed by atoms with Gasteiger partial charge in [0.25, 0.3) is 0 Å². The topological polar surface area (TPSA) is 68.0 Å². The minimum absolute atomic E-state index is 0.0627. The van der Waals surface area contributed by atoms with Crippen LogP contribution >= 0.6 is 27.5 Å². The Balaban J connectivity index is 2.02. The molecule has 0 spiro atoms. The van der Waals surface area contributed by atoms with E-state index in [1.807, 2.05) is 24.3 Å². The Morgan fingerprint density at radius 3 is 2.72 bits per heavy atom. The summed E-state index contributed by atoms with van der Waals surface area (Å²) < 4.78 is 6.27. The van der Waals surface area contributed by atoms with Gasteiger partial charge < -0.3 is 4.42 Å². The standard InChI is InChI=1S/C11H9BrClN3O2/c12-8-3-1-7(2-4-8)5-10-15-16-11(18-10)14-9(17)6-13/h1-4H,5-6H2,(H,14,16,17). The Morgan fingerprint density at radius 2 is 2.06 bits per heavy atom. The third-order valence-corrected chi connectivity index (χ3v) is 2.87. The van der Waals surface area contributed by atoms with Crippen LogP contribution in [0.15, 0.2) is 33.2 Å². The second-order valence-electron chi connectivity index (χ2n) is 3.49. The quantitative estimate of drug-likeness (QED) is 0.875. The Morgan fingerprint density at radius 1 is 1.33 bits per heavy atom. The SMILES string of the molecule is O=C(CCl)Nc1nnc(Cc2ccc(Br)cc2)o1. The maximum atomic E-state index is 11.0. The molecular weight excluding hydrogens is 321 g/mol. The maximum Gasteiger partial charge on any atom is 0.322 e. The number of nitrogens with zero attached hydrogens (tertiary/aromatic N) is 2. The van der Waals surface area contributed by atoms with Crippen molar-refractivity contribution in [3.63, 3.8) is 0 Å². The molecule has 1 aromatic carbocycles. The van der Waals surface area contributed by atoms with Crippen LogP contribution in [0, 0.1) is 0 Å². The molecule has 0 atom stereocenters. The number of alkyl halides is 1. The fourth-order valence-corrected chi connectivity index (χ4v) is 1.64. The van der Waals surface area contributed by atoms with Gasteiger partial charge in [-0.05, 0) is 17.7 Å². The summed E-state index contributed by atoms with van der Waals surface area (Å²) in [6.45, 7) is 0. The molecule has 0 bridgehead atoms. The smallest absolute Gasteiger partial charge is 0.322 e. The number of anilines is 1. The van der Waals surface area contributed by atoms with Crippen molar-refractivity contribution >= 4 is 39.5 Å². The number of amides is 1. The molecule has 0 saturated carbocycles. The highest BCUT2D eigenvalue weighted by atomic mass is 79.9. The first kappa shape index (κ1) is 13.0. The minimum atomic E-state index is -0.379. The van der Waals surface area contributed by atoms with Crippen molar-refractivity contribution in [2.24, 2.45) is 0 Å². The first-order chi connectivity index (χ1) is 8.67. The van der Waals surface area contributed by atoms with Gasteiger partial charge in [0.2, 0.25) is 11.8 Å². The summed E-state index contributed by atoms with van der Waals surface area (Å²) in [5, 5.41) is 9.92. The van der Waals surface area contributed by atoms with Gasteiger partial charge in [-0.25, -0.2) is 0 Å². The first-order valence-electron chi connectivity index (χ1n) is 5.10. The second kappa shape index (κ2) is 5.97. The van der Waals surface area contributed by atoms with E-state index in [0.29, 0.717) is 12.3 Å². The van der Waals surface area contributed by atoms with Gasteiger partial charge in [-0.2, -0.15) is 0 Å². The molecular formula is C11H9BrClN3O2. The molecule has 2 aromatic rings. The van der Waals surface area contributed by atoms with Crippen LogP contribution in [0.5, 0.6) is 0 Å². The molecule has 0 unspecified atom stereocenters. The van der Waals surface area contributed by atoms with Crippen LogP contribution < -0.4 is 5.32 Å². The number of benzene rings is 1. The lowest BCUT2D eigenvalue weighted by molar-refractivity contribution is -0.114. The molecule has 0 aliphatic carbocycles. The second-order valence-corrected chi connectivity index (χ2v) is 4.67. The van der Waals surface area contributed by atoms with Crippen LogP contribution in [0.1, 0.15) is 11.5 Å². The van der Waals surface area contributed by atoms with Crippen LogP contribution in [0.3, 0.4) is 0 Å². The molecule has 94 valence electrons. The highest BCUT2D eigenvalue weighted by molar-refractivity contribution is 9.10. The lowest BCUT2D eigenvalue weighted by atomic mass is 10.2. The average Bonchev–Trinajstić information content (AvgIpc) is 2.79. The van der Waals surface area contributed by atoms with Crippen LogP contribution in [-0.4, -0.2) is 22.0 Å². The highest BCUT2D eigenvalue weighted by Crippen LogP contribution is 2.14. The van der Waals surface area contributed by atoms with E-state index < -0.39 is 0 Å². The number of hydrogen-bond acceptors (Lipinski definition) is 4. The molecule has 1 amide bonds. The van der Waals surface area contributed by atoms with E-state index in [2.05, 4.69) is 31.4 Å². The van der Waals surface area contributed by atoms with Crippen molar-refractivity contribution in [1.82, 2.24) is 10.2 Å². The zero-order chi connectivity index (χ0) is 13.0. The number of aromatic nitrogens is 2. The monoisotopic (exact) mass is 329 g/mol. The van der Waals surface area contributed by atoms with Gasteiger partial charge in [-0.1, -0.05) is 33.2 Å². The predicted octanol–water partition coefficient (Wildman–Crippen LogP) is 2.60. The Bertz CT molecular complexity index is 541. The third-order valence-electron chi connectivity index (χ3n) is 2.10. The minimum Gasteiger partial charge on any atom is -0.407 e. The molecule has 2 rings (SSSR count). The van der Waals surface area contributed by atoms with Gasteiger partial charge in [-0.3, -0.25) is 10.1 Å².